The number of aryl methyl sites for hydroxylation is 1. The topological polar surface area (TPSA) is 52.6 Å². The third-order valence-electron chi connectivity index (χ3n) is 5.76. The molecule has 1 atom stereocenters. The summed E-state index contributed by atoms with van der Waals surface area (Å²) < 4.78 is 12.0. The normalized spacial score (nSPS) is 13.9. The Morgan fingerprint density at radius 1 is 1.03 bits per heavy atom. The highest BCUT2D eigenvalue weighted by molar-refractivity contribution is 6.74. The van der Waals surface area contributed by atoms with Crippen LogP contribution in [-0.4, -0.2) is 32.8 Å². The number of rotatable bonds is 11. The molecule has 31 heavy (non-hydrogen) atoms. The van der Waals surface area contributed by atoms with Crippen LogP contribution >= 0.6 is 0 Å². The van der Waals surface area contributed by atoms with Gasteiger partial charge in [-0.2, -0.15) is 0 Å². The van der Waals surface area contributed by atoms with Gasteiger partial charge in [-0.1, -0.05) is 57.2 Å². The van der Waals surface area contributed by atoms with Gasteiger partial charge in [-0.15, -0.1) is 0 Å². The molecule has 1 aromatic carbocycles. The summed E-state index contributed by atoms with van der Waals surface area (Å²) in [5.74, 6) is -0.0840. The predicted octanol–water partition coefficient (Wildman–Crippen LogP) is 6.50. The molecule has 0 unspecified atom stereocenters. The smallest absolute Gasteiger partial charge is 0.311 e. The van der Waals surface area contributed by atoms with Crippen LogP contribution in [0.25, 0.3) is 0 Å². The minimum absolute atomic E-state index is 0.0770. The molecule has 0 saturated carbocycles. The van der Waals surface area contributed by atoms with Crippen molar-refractivity contribution in [3.8, 4) is 0 Å². The van der Waals surface area contributed by atoms with Gasteiger partial charge in [0, 0.05) is 12.8 Å². The van der Waals surface area contributed by atoms with Gasteiger partial charge in [0.25, 0.3) is 0 Å². The van der Waals surface area contributed by atoms with Gasteiger partial charge in [-0.05, 0) is 63.4 Å². The lowest BCUT2D eigenvalue weighted by atomic mass is 9.97. The maximum atomic E-state index is 12.3. The van der Waals surface area contributed by atoms with Crippen molar-refractivity contribution < 1.29 is 18.8 Å². The minimum Gasteiger partial charge on any atom is -0.465 e. The first-order valence-corrected chi connectivity index (χ1v) is 14.2. The zero-order valence-corrected chi connectivity index (χ0v) is 21.8. The van der Waals surface area contributed by atoms with E-state index in [9.17, 15) is 9.59 Å². The highest BCUT2D eigenvalue weighted by Crippen LogP contribution is 2.38. The zero-order valence-electron chi connectivity index (χ0n) is 20.8. The van der Waals surface area contributed by atoms with Gasteiger partial charge in [0.05, 0.1) is 18.1 Å². The molecule has 0 aliphatic rings. The number of carbonyl (C=O) groups is 2. The molecular formula is C26H42O4Si. The first-order valence-electron chi connectivity index (χ1n) is 11.3. The third kappa shape index (κ3) is 10.4. The molecule has 0 bridgehead atoms. The molecule has 0 aromatic heterocycles. The van der Waals surface area contributed by atoms with Crippen molar-refractivity contribution in [2.45, 2.75) is 91.5 Å². The van der Waals surface area contributed by atoms with Crippen molar-refractivity contribution in [1.29, 1.82) is 0 Å². The average molecular weight is 447 g/mol. The van der Waals surface area contributed by atoms with E-state index in [4.69, 9.17) is 9.16 Å². The van der Waals surface area contributed by atoms with E-state index in [0.29, 0.717) is 25.9 Å². The van der Waals surface area contributed by atoms with Crippen molar-refractivity contribution in [2.75, 3.05) is 6.61 Å². The summed E-state index contributed by atoms with van der Waals surface area (Å²) in [5, 5.41) is 0.0859. The van der Waals surface area contributed by atoms with Crippen LogP contribution < -0.4 is 0 Å². The van der Waals surface area contributed by atoms with Gasteiger partial charge in [0.15, 0.2) is 14.1 Å². The van der Waals surface area contributed by atoms with Gasteiger partial charge >= 0.3 is 5.97 Å². The second-order valence-corrected chi connectivity index (χ2v) is 15.5. The molecule has 0 heterocycles. The third-order valence-corrected chi connectivity index (χ3v) is 10.3. The van der Waals surface area contributed by atoms with Crippen LogP contribution in [-0.2, 0) is 25.2 Å². The summed E-state index contributed by atoms with van der Waals surface area (Å²) in [6.07, 6.45) is 6.01. The maximum Gasteiger partial charge on any atom is 0.311 e. The molecule has 0 fully saturated rings. The van der Waals surface area contributed by atoms with Crippen LogP contribution in [0.4, 0.5) is 0 Å². The van der Waals surface area contributed by atoms with E-state index < -0.39 is 13.7 Å². The Kier molecular flexibility index (Phi) is 10.4. The molecule has 4 nitrogen and oxygen atoms in total. The molecule has 1 rings (SSSR count). The van der Waals surface area contributed by atoms with Crippen molar-refractivity contribution in [3.63, 3.8) is 0 Å². The fraction of sp³-hybridized carbons (Fsp3) is 0.615. The first kappa shape index (κ1) is 27.3. The van der Waals surface area contributed by atoms with Gasteiger partial charge in [-0.3, -0.25) is 9.59 Å². The molecule has 5 heteroatoms. The quantitative estimate of drug-likeness (QED) is 0.221. The Morgan fingerprint density at radius 2 is 1.65 bits per heavy atom. The molecule has 0 aliphatic carbocycles. The molecule has 0 N–H and O–H groups in total. The number of hydrogen-bond donors (Lipinski definition) is 0. The lowest BCUT2D eigenvalue weighted by molar-refractivity contribution is -0.153. The van der Waals surface area contributed by atoms with Gasteiger partial charge in [0.2, 0.25) is 0 Å². The standard InChI is InChI=1S/C26H42O4Si/c1-25(2,3)24(28)29-20-19-23(30-31(7,8)26(4,5)6)16-12-15-22(27)18-17-21-13-10-9-11-14-21/h9-15,23H,16-20H2,1-8H3/b15-12+/t23-/m0/s1. The largest absolute Gasteiger partial charge is 0.465 e. The lowest BCUT2D eigenvalue weighted by Gasteiger charge is -2.39. The van der Waals surface area contributed by atoms with Gasteiger partial charge in [0.1, 0.15) is 0 Å². The lowest BCUT2D eigenvalue weighted by Crippen LogP contribution is -2.44. The monoisotopic (exact) mass is 446 g/mol. The predicted molar refractivity (Wildman–Crippen MR) is 131 cm³/mol. The second-order valence-electron chi connectivity index (χ2n) is 10.8. The highest BCUT2D eigenvalue weighted by atomic mass is 28.4. The Morgan fingerprint density at radius 3 is 2.19 bits per heavy atom. The van der Waals surface area contributed by atoms with E-state index >= 15 is 0 Å². The van der Waals surface area contributed by atoms with Crippen molar-refractivity contribution in [1.82, 2.24) is 0 Å². The molecule has 0 amide bonds. The Bertz CT molecular complexity index is 724. The summed E-state index contributed by atoms with van der Waals surface area (Å²) in [6.45, 7) is 16.9. The van der Waals surface area contributed by atoms with Crippen molar-refractivity contribution in [3.05, 3.63) is 48.0 Å². The fourth-order valence-electron chi connectivity index (χ4n) is 2.66. The zero-order chi connectivity index (χ0) is 23.7. The number of esters is 1. The van der Waals surface area contributed by atoms with Crippen LogP contribution in [0, 0.1) is 5.41 Å². The van der Waals surface area contributed by atoms with Crippen LogP contribution in [0.15, 0.2) is 42.5 Å². The maximum absolute atomic E-state index is 12.3. The second kappa shape index (κ2) is 11.8. The number of allylic oxidation sites excluding steroid dienone is 1. The number of benzene rings is 1. The number of carbonyl (C=O) groups excluding carboxylic acids is 2. The van der Waals surface area contributed by atoms with Gasteiger partial charge < -0.3 is 9.16 Å². The molecule has 0 saturated heterocycles. The van der Waals surface area contributed by atoms with E-state index in [2.05, 4.69) is 33.9 Å². The molecule has 0 spiro atoms. The van der Waals surface area contributed by atoms with E-state index in [1.807, 2.05) is 57.2 Å². The number of ketones is 1. The summed E-state index contributed by atoms with van der Waals surface area (Å²) in [6, 6.07) is 10.0. The van der Waals surface area contributed by atoms with E-state index in [0.717, 1.165) is 6.42 Å². The van der Waals surface area contributed by atoms with Crippen LogP contribution in [0.3, 0.4) is 0 Å². The molecule has 0 radical (unpaired) electrons. The molecule has 0 aliphatic heterocycles. The van der Waals surface area contributed by atoms with Crippen LogP contribution in [0.5, 0.6) is 0 Å². The van der Waals surface area contributed by atoms with Crippen LogP contribution in [0.2, 0.25) is 18.1 Å². The Balaban J connectivity index is 2.66. The van der Waals surface area contributed by atoms with E-state index in [1.54, 1.807) is 6.08 Å². The summed E-state index contributed by atoms with van der Waals surface area (Å²) in [5.41, 5.74) is 0.657. The SMILES string of the molecule is CC(C)(C)C(=O)OCC[C@H](C/C=C/C(=O)CCc1ccccc1)O[Si](C)(C)C(C)(C)C. The van der Waals surface area contributed by atoms with Gasteiger partial charge in [-0.25, -0.2) is 0 Å². The first-order chi connectivity index (χ1) is 14.2. The van der Waals surface area contributed by atoms with Crippen LogP contribution in [0.1, 0.15) is 66.4 Å². The van der Waals surface area contributed by atoms with Crippen molar-refractivity contribution in [2.24, 2.45) is 5.41 Å². The number of hydrogen-bond acceptors (Lipinski definition) is 4. The van der Waals surface area contributed by atoms with E-state index in [-0.39, 0.29) is 22.9 Å². The fourth-order valence-corrected chi connectivity index (χ4v) is 4.07. The van der Waals surface area contributed by atoms with E-state index in [1.165, 1.54) is 5.56 Å². The minimum atomic E-state index is -1.98. The Labute approximate surface area is 190 Å². The molecule has 1 aromatic rings. The molecular weight excluding hydrogens is 404 g/mol. The molecule has 174 valence electrons. The summed E-state index contributed by atoms with van der Waals surface area (Å²) in [4.78, 5) is 24.3. The Hall–Kier alpha value is -1.72. The van der Waals surface area contributed by atoms with Crippen molar-refractivity contribution >= 4 is 20.1 Å². The highest BCUT2D eigenvalue weighted by Gasteiger charge is 2.39. The summed E-state index contributed by atoms with van der Waals surface area (Å²) >= 11 is 0. The summed E-state index contributed by atoms with van der Waals surface area (Å²) in [7, 11) is -1.98. The number of ether oxygens (including phenoxy) is 1. The average Bonchev–Trinajstić information content (AvgIpc) is 2.65.